The lowest BCUT2D eigenvalue weighted by molar-refractivity contribution is -0.126. The number of hydrogen-bond acceptors (Lipinski definition) is 3. The Hall–Kier alpha value is -1.15. The van der Waals surface area contributed by atoms with Gasteiger partial charge < -0.3 is 5.32 Å². The number of nitrogens with zero attached hydrogens (tertiary/aromatic N) is 2. The van der Waals surface area contributed by atoms with Gasteiger partial charge in [0.2, 0.25) is 5.91 Å². The molecule has 0 aliphatic carbocycles. The molecular weight excluding hydrogens is 386 g/mol. The van der Waals surface area contributed by atoms with Gasteiger partial charge in [-0.2, -0.15) is 17.0 Å². The topological polar surface area (TPSA) is 69.7 Å². The summed E-state index contributed by atoms with van der Waals surface area (Å²) < 4.78 is 29.0. The number of carbonyl (C=O) groups excluding carboxylic acids is 1. The lowest BCUT2D eigenvalue weighted by Gasteiger charge is -2.37. The summed E-state index contributed by atoms with van der Waals surface area (Å²) in [5.74, 6) is 0.186. The van der Waals surface area contributed by atoms with E-state index in [1.54, 1.807) is 16.4 Å². The molecule has 0 radical (unpaired) electrons. The Morgan fingerprint density at radius 3 is 2.44 bits per heavy atom. The van der Waals surface area contributed by atoms with Crippen molar-refractivity contribution in [3.8, 4) is 0 Å². The first-order valence-corrected chi connectivity index (χ1v) is 11.4. The van der Waals surface area contributed by atoms with E-state index < -0.39 is 10.2 Å². The van der Waals surface area contributed by atoms with Gasteiger partial charge in [-0.1, -0.05) is 30.7 Å². The SMILES string of the molecule is CC1CCN(S(=O)(=O)N2CCC[C@H](C(=O)NCc3ccc(Cl)cc3)C2)CC1. The number of carbonyl (C=O) groups is 1. The standard InChI is InChI=1S/C19H28ClN3O3S/c1-15-8-11-22(12-9-15)27(25,26)23-10-2-3-17(14-23)19(24)21-13-16-4-6-18(20)7-5-16/h4-7,15,17H,2-3,8-14H2,1H3,(H,21,24)/t17-/m0/s1. The van der Waals surface area contributed by atoms with Gasteiger partial charge in [0.25, 0.3) is 10.2 Å². The molecule has 0 aromatic heterocycles. The maximum atomic E-state index is 12.9. The highest BCUT2D eigenvalue weighted by atomic mass is 35.5. The molecule has 2 saturated heterocycles. The molecule has 1 aromatic rings. The summed E-state index contributed by atoms with van der Waals surface area (Å²) in [5.41, 5.74) is 0.968. The van der Waals surface area contributed by atoms with Crippen molar-refractivity contribution in [1.82, 2.24) is 13.9 Å². The molecule has 27 heavy (non-hydrogen) atoms. The van der Waals surface area contributed by atoms with Crippen LogP contribution in [-0.2, 0) is 21.5 Å². The van der Waals surface area contributed by atoms with E-state index in [1.165, 1.54) is 4.31 Å². The second kappa shape index (κ2) is 8.90. The van der Waals surface area contributed by atoms with Crippen molar-refractivity contribution in [1.29, 1.82) is 0 Å². The van der Waals surface area contributed by atoms with E-state index in [9.17, 15) is 13.2 Å². The zero-order chi connectivity index (χ0) is 19.4. The van der Waals surface area contributed by atoms with Gasteiger partial charge >= 0.3 is 0 Å². The Labute approximate surface area is 167 Å². The van der Waals surface area contributed by atoms with Crippen molar-refractivity contribution >= 4 is 27.7 Å². The molecule has 1 aromatic carbocycles. The summed E-state index contributed by atoms with van der Waals surface area (Å²) >= 11 is 5.87. The minimum Gasteiger partial charge on any atom is -0.352 e. The predicted molar refractivity (Wildman–Crippen MR) is 106 cm³/mol. The minimum atomic E-state index is -3.47. The monoisotopic (exact) mass is 413 g/mol. The second-order valence-electron chi connectivity index (χ2n) is 7.63. The van der Waals surface area contributed by atoms with Crippen LogP contribution in [0.5, 0.6) is 0 Å². The van der Waals surface area contributed by atoms with Crippen LogP contribution < -0.4 is 5.32 Å². The first-order chi connectivity index (χ1) is 12.9. The van der Waals surface area contributed by atoms with Crippen LogP contribution in [0.25, 0.3) is 0 Å². The summed E-state index contributed by atoms with van der Waals surface area (Å²) in [7, 11) is -3.47. The smallest absolute Gasteiger partial charge is 0.281 e. The van der Waals surface area contributed by atoms with Gasteiger partial charge in [0.1, 0.15) is 0 Å². The van der Waals surface area contributed by atoms with E-state index in [2.05, 4.69) is 12.2 Å². The molecule has 2 aliphatic rings. The van der Waals surface area contributed by atoms with Crippen LogP contribution in [0, 0.1) is 11.8 Å². The summed E-state index contributed by atoms with van der Waals surface area (Å²) in [6.45, 7) is 4.49. The Balaban J connectivity index is 1.56. The van der Waals surface area contributed by atoms with Crippen molar-refractivity contribution in [3.05, 3.63) is 34.9 Å². The zero-order valence-corrected chi connectivity index (χ0v) is 17.3. The Bertz CT molecular complexity index is 746. The Kier molecular flexibility index (Phi) is 6.78. The molecule has 1 atom stereocenters. The van der Waals surface area contributed by atoms with Crippen molar-refractivity contribution < 1.29 is 13.2 Å². The fourth-order valence-electron chi connectivity index (χ4n) is 3.68. The molecule has 6 nitrogen and oxygen atoms in total. The molecule has 2 heterocycles. The van der Waals surface area contributed by atoms with Crippen LogP contribution in [0.15, 0.2) is 24.3 Å². The van der Waals surface area contributed by atoms with Gasteiger partial charge in [-0.25, -0.2) is 0 Å². The van der Waals surface area contributed by atoms with Crippen LogP contribution >= 0.6 is 11.6 Å². The fraction of sp³-hybridized carbons (Fsp3) is 0.632. The zero-order valence-electron chi connectivity index (χ0n) is 15.7. The number of rotatable bonds is 5. The van der Waals surface area contributed by atoms with Crippen LogP contribution in [-0.4, -0.2) is 49.1 Å². The first-order valence-electron chi connectivity index (χ1n) is 9.63. The number of benzene rings is 1. The van der Waals surface area contributed by atoms with Crippen molar-refractivity contribution in [2.45, 2.75) is 39.2 Å². The molecule has 150 valence electrons. The lowest BCUT2D eigenvalue weighted by Crippen LogP contribution is -2.52. The van der Waals surface area contributed by atoms with Crippen LogP contribution in [0.4, 0.5) is 0 Å². The maximum Gasteiger partial charge on any atom is 0.281 e. The quantitative estimate of drug-likeness (QED) is 0.806. The maximum absolute atomic E-state index is 12.9. The molecule has 2 fully saturated rings. The molecule has 2 aliphatic heterocycles. The van der Waals surface area contributed by atoms with Gasteiger partial charge in [-0.05, 0) is 49.3 Å². The first kappa shape index (κ1) is 20.6. The number of hydrogen-bond donors (Lipinski definition) is 1. The average molecular weight is 414 g/mol. The third-order valence-electron chi connectivity index (χ3n) is 5.53. The van der Waals surface area contributed by atoms with Crippen molar-refractivity contribution in [2.24, 2.45) is 11.8 Å². The van der Waals surface area contributed by atoms with Gasteiger partial charge in [0.15, 0.2) is 0 Å². The van der Waals surface area contributed by atoms with E-state index >= 15 is 0 Å². The lowest BCUT2D eigenvalue weighted by atomic mass is 9.99. The van der Waals surface area contributed by atoms with Gasteiger partial charge in [-0.3, -0.25) is 4.79 Å². The Morgan fingerprint density at radius 1 is 1.11 bits per heavy atom. The highest BCUT2D eigenvalue weighted by Crippen LogP contribution is 2.25. The van der Waals surface area contributed by atoms with Crippen LogP contribution in [0.1, 0.15) is 38.2 Å². The summed E-state index contributed by atoms with van der Waals surface area (Å²) in [6.07, 6.45) is 3.23. The number of halogens is 1. The second-order valence-corrected chi connectivity index (χ2v) is 10.00. The molecule has 0 unspecified atom stereocenters. The molecule has 0 bridgehead atoms. The minimum absolute atomic E-state index is 0.0860. The molecular formula is C19H28ClN3O3S. The van der Waals surface area contributed by atoms with Gasteiger partial charge in [0, 0.05) is 37.7 Å². The number of piperidine rings is 2. The highest BCUT2D eigenvalue weighted by molar-refractivity contribution is 7.86. The molecule has 0 saturated carbocycles. The van der Waals surface area contributed by atoms with Crippen LogP contribution in [0.2, 0.25) is 5.02 Å². The molecule has 1 N–H and O–H groups in total. The van der Waals surface area contributed by atoms with E-state index in [4.69, 9.17) is 11.6 Å². The molecule has 1 amide bonds. The van der Waals surface area contributed by atoms with Crippen molar-refractivity contribution in [2.75, 3.05) is 26.2 Å². The van der Waals surface area contributed by atoms with E-state index in [0.717, 1.165) is 24.8 Å². The highest BCUT2D eigenvalue weighted by Gasteiger charge is 2.36. The fourth-order valence-corrected chi connectivity index (χ4v) is 5.53. The van der Waals surface area contributed by atoms with Crippen molar-refractivity contribution in [3.63, 3.8) is 0 Å². The van der Waals surface area contributed by atoms with E-state index in [0.29, 0.717) is 43.5 Å². The van der Waals surface area contributed by atoms with Crippen LogP contribution in [0.3, 0.4) is 0 Å². The van der Waals surface area contributed by atoms with Gasteiger partial charge in [-0.15, -0.1) is 0 Å². The molecule has 3 rings (SSSR count). The average Bonchev–Trinajstić information content (AvgIpc) is 2.68. The van der Waals surface area contributed by atoms with E-state index in [1.807, 2.05) is 12.1 Å². The number of nitrogens with one attached hydrogen (secondary N) is 1. The molecule has 0 spiro atoms. The largest absolute Gasteiger partial charge is 0.352 e. The summed E-state index contributed by atoms with van der Waals surface area (Å²) in [4.78, 5) is 12.6. The third kappa shape index (κ3) is 5.22. The molecule has 8 heteroatoms. The van der Waals surface area contributed by atoms with Gasteiger partial charge in [0.05, 0.1) is 5.92 Å². The third-order valence-corrected chi connectivity index (χ3v) is 7.78. The summed E-state index contributed by atoms with van der Waals surface area (Å²) in [5, 5.41) is 3.59. The normalized spacial score (nSPS) is 23.3. The Morgan fingerprint density at radius 2 is 1.78 bits per heavy atom. The number of amides is 1. The predicted octanol–water partition coefficient (Wildman–Crippen LogP) is 2.64. The summed E-state index contributed by atoms with van der Waals surface area (Å²) in [6, 6.07) is 7.32. The van der Waals surface area contributed by atoms with E-state index in [-0.39, 0.29) is 18.4 Å².